The third-order valence-electron chi connectivity index (χ3n) is 5.35. The van der Waals surface area contributed by atoms with E-state index in [0.29, 0.717) is 16.5 Å². The number of pyridine rings is 1. The van der Waals surface area contributed by atoms with Crippen LogP contribution in [-0.4, -0.2) is 17.3 Å². The van der Waals surface area contributed by atoms with E-state index in [2.05, 4.69) is 17.2 Å². The number of Topliss-reactive ketones (excluding diaryl/α,β-unsaturated/α-hetero) is 1. The molecule has 24 heavy (non-hydrogen) atoms. The van der Waals surface area contributed by atoms with Crippen LogP contribution in [0.2, 0.25) is 5.02 Å². The van der Waals surface area contributed by atoms with E-state index < -0.39 is 11.6 Å². The second-order valence-corrected chi connectivity index (χ2v) is 7.15. The van der Waals surface area contributed by atoms with Gasteiger partial charge in [-0.15, -0.1) is 0 Å². The molecule has 1 spiro atoms. The largest absolute Gasteiger partial charge is 0.398 e. The normalized spacial score (nSPS) is 23.9. The molecule has 1 aliphatic heterocycles. The summed E-state index contributed by atoms with van der Waals surface area (Å²) in [5.41, 5.74) is 7.50. The summed E-state index contributed by atoms with van der Waals surface area (Å²) in [4.78, 5) is 16.1. The van der Waals surface area contributed by atoms with Crippen LogP contribution in [0.3, 0.4) is 0 Å². The molecule has 0 radical (unpaired) electrons. The van der Waals surface area contributed by atoms with Crippen LogP contribution >= 0.6 is 11.6 Å². The Kier molecular flexibility index (Phi) is 3.16. The highest BCUT2D eigenvalue weighted by Gasteiger charge is 2.57. The zero-order valence-electron chi connectivity index (χ0n) is 13.4. The summed E-state index contributed by atoms with van der Waals surface area (Å²) in [5, 5.41) is 3.80. The number of nitrogen functional groups attached to an aromatic ring is 1. The number of benzene rings is 1. The number of nitrogens with zero attached hydrogens (tertiary/aromatic N) is 1. The molecule has 2 aromatic rings. The number of ketones is 1. The van der Waals surface area contributed by atoms with Crippen LogP contribution < -0.4 is 11.1 Å². The Morgan fingerprint density at radius 3 is 2.79 bits per heavy atom. The SMILES string of the molecule is CC(=O)c1c(N)ccc(-c2cnc3c(c2Cl)C2(CN3)CC2C)c1F. The molecular formula is C18H17ClFN3O. The van der Waals surface area contributed by atoms with Gasteiger partial charge in [0.05, 0.1) is 10.6 Å². The number of carbonyl (C=O) groups excluding carboxylic acids is 1. The quantitative estimate of drug-likeness (QED) is 0.637. The van der Waals surface area contributed by atoms with Crippen LogP contribution in [0.1, 0.15) is 36.2 Å². The van der Waals surface area contributed by atoms with Crippen LogP contribution in [0.4, 0.5) is 15.9 Å². The van der Waals surface area contributed by atoms with E-state index >= 15 is 0 Å². The monoisotopic (exact) mass is 345 g/mol. The molecule has 2 unspecified atom stereocenters. The van der Waals surface area contributed by atoms with Gasteiger partial charge < -0.3 is 11.1 Å². The smallest absolute Gasteiger partial charge is 0.164 e. The van der Waals surface area contributed by atoms with Crippen molar-refractivity contribution < 1.29 is 9.18 Å². The average Bonchev–Trinajstić information content (AvgIpc) is 3.00. The second kappa shape index (κ2) is 4.93. The molecule has 4 nitrogen and oxygen atoms in total. The van der Waals surface area contributed by atoms with Gasteiger partial charge in [-0.3, -0.25) is 4.79 Å². The van der Waals surface area contributed by atoms with E-state index in [4.69, 9.17) is 17.3 Å². The van der Waals surface area contributed by atoms with Gasteiger partial charge in [-0.1, -0.05) is 18.5 Å². The number of nitrogens with two attached hydrogens (primary N) is 1. The van der Waals surface area contributed by atoms with Gasteiger partial charge in [0.25, 0.3) is 0 Å². The highest BCUT2D eigenvalue weighted by atomic mass is 35.5. The molecule has 2 heterocycles. The molecule has 1 fully saturated rings. The van der Waals surface area contributed by atoms with Gasteiger partial charge in [-0.2, -0.15) is 0 Å². The first kappa shape index (κ1) is 15.4. The number of halogens is 2. The minimum absolute atomic E-state index is 0.00309. The Balaban J connectivity index is 1.93. The van der Waals surface area contributed by atoms with Crippen molar-refractivity contribution >= 4 is 28.9 Å². The molecule has 0 saturated heterocycles. The number of nitrogens with one attached hydrogen (secondary N) is 1. The lowest BCUT2D eigenvalue weighted by atomic mass is 9.93. The highest BCUT2D eigenvalue weighted by Crippen LogP contribution is 2.61. The molecule has 3 N–H and O–H groups in total. The van der Waals surface area contributed by atoms with E-state index in [0.717, 1.165) is 24.3 Å². The zero-order valence-corrected chi connectivity index (χ0v) is 14.2. The summed E-state index contributed by atoms with van der Waals surface area (Å²) < 4.78 is 14.9. The molecule has 0 bridgehead atoms. The van der Waals surface area contributed by atoms with Crippen LogP contribution in [0.25, 0.3) is 11.1 Å². The maximum atomic E-state index is 14.9. The van der Waals surface area contributed by atoms with E-state index in [1.54, 1.807) is 12.3 Å². The van der Waals surface area contributed by atoms with Crippen molar-refractivity contribution in [2.45, 2.75) is 25.7 Å². The van der Waals surface area contributed by atoms with E-state index in [9.17, 15) is 9.18 Å². The summed E-state index contributed by atoms with van der Waals surface area (Å²) in [6, 6.07) is 3.09. The van der Waals surface area contributed by atoms with Crippen molar-refractivity contribution in [3.8, 4) is 11.1 Å². The fourth-order valence-electron chi connectivity index (χ4n) is 3.83. The number of fused-ring (bicyclic) bond motifs is 2. The Labute approximate surface area is 144 Å². The van der Waals surface area contributed by atoms with Crippen molar-refractivity contribution in [1.82, 2.24) is 4.98 Å². The predicted molar refractivity (Wildman–Crippen MR) is 93.0 cm³/mol. The number of hydrogen-bond donors (Lipinski definition) is 2. The van der Waals surface area contributed by atoms with Gasteiger partial charge in [-0.25, -0.2) is 9.37 Å². The predicted octanol–water partition coefficient (Wildman–Crippen LogP) is 4.03. The van der Waals surface area contributed by atoms with E-state index in [1.165, 1.54) is 13.0 Å². The Bertz CT molecular complexity index is 898. The Morgan fingerprint density at radius 1 is 1.46 bits per heavy atom. The van der Waals surface area contributed by atoms with Crippen molar-refractivity contribution in [2.24, 2.45) is 5.92 Å². The summed E-state index contributed by atoms with van der Waals surface area (Å²) >= 11 is 6.66. The first-order valence-corrected chi connectivity index (χ1v) is 8.26. The van der Waals surface area contributed by atoms with Crippen molar-refractivity contribution in [3.63, 3.8) is 0 Å². The van der Waals surface area contributed by atoms with Gasteiger partial charge >= 0.3 is 0 Å². The molecule has 1 aromatic heterocycles. The van der Waals surface area contributed by atoms with Gasteiger partial charge in [0.1, 0.15) is 11.6 Å². The van der Waals surface area contributed by atoms with Gasteiger partial charge in [0.2, 0.25) is 0 Å². The number of carbonyl (C=O) groups is 1. The van der Waals surface area contributed by atoms with Crippen LogP contribution in [-0.2, 0) is 5.41 Å². The van der Waals surface area contributed by atoms with Crippen molar-refractivity contribution in [3.05, 3.63) is 40.3 Å². The van der Waals surface area contributed by atoms with E-state index in [1.807, 2.05) is 0 Å². The number of hydrogen-bond acceptors (Lipinski definition) is 4. The average molecular weight is 346 g/mol. The van der Waals surface area contributed by atoms with Gasteiger partial charge in [0, 0.05) is 40.5 Å². The number of rotatable bonds is 2. The molecule has 0 amide bonds. The molecule has 4 rings (SSSR count). The Hall–Kier alpha value is -2.14. The lowest BCUT2D eigenvalue weighted by Gasteiger charge is -2.15. The van der Waals surface area contributed by atoms with Crippen LogP contribution in [0.15, 0.2) is 18.3 Å². The lowest BCUT2D eigenvalue weighted by Crippen LogP contribution is -2.12. The number of anilines is 2. The molecule has 1 saturated carbocycles. The summed E-state index contributed by atoms with van der Waals surface area (Å²) in [6.45, 7) is 4.28. The highest BCUT2D eigenvalue weighted by molar-refractivity contribution is 6.34. The van der Waals surface area contributed by atoms with Crippen molar-refractivity contribution in [1.29, 1.82) is 0 Å². The van der Waals surface area contributed by atoms with E-state index in [-0.39, 0.29) is 22.2 Å². The number of aromatic nitrogens is 1. The molecule has 1 aliphatic carbocycles. The fraction of sp³-hybridized carbons (Fsp3) is 0.333. The van der Waals surface area contributed by atoms with Gasteiger partial charge in [-0.05, 0) is 31.4 Å². The Morgan fingerprint density at radius 2 is 2.17 bits per heavy atom. The topological polar surface area (TPSA) is 68.0 Å². The fourth-order valence-corrected chi connectivity index (χ4v) is 4.26. The van der Waals surface area contributed by atoms with Gasteiger partial charge in [0.15, 0.2) is 5.78 Å². The molecule has 1 aromatic carbocycles. The third kappa shape index (κ3) is 1.91. The molecule has 2 aliphatic rings. The summed E-state index contributed by atoms with van der Waals surface area (Å²) in [6.07, 6.45) is 2.60. The maximum absolute atomic E-state index is 14.9. The summed E-state index contributed by atoms with van der Waals surface area (Å²) in [7, 11) is 0. The third-order valence-corrected chi connectivity index (χ3v) is 5.75. The molecule has 2 atom stereocenters. The first-order valence-electron chi connectivity index (χ1n) is 7.89. The van der Waals surface area contributed by atoms with Crippen molar-refractivity contribution in [2.75, 3.05) is 17.6 Å². The molecule has 124 valence electrons. The maximum Gasteiger partial charge on any atom is 0.164 e. The first-order chi connectivity index (χ1) is 11.4. The molecule has 6 heteroatoms. The second-order valence-electron chi connectivity index (χ2n) is 6.77. The molecular weight excluding hydrogens is 329 g/mol. The minimum Gasteiger partial charge on any atom is -0.398 e. The zero-order chi connectivity index (χ0) is 17.2. The summed E-state index contributed by atoms with van der Waals surface area (Å²) in [5.74, 6) is 0.238. The van der Waals surface area contributed by atoms with Crippen LogP contribution in [0.5, 0.6) is 0 Å². The van der Waals surface area contributed by atoms with Crippen LogP contribution in [0, 0.1) is 11.7 Å². The minimum atomic E-state index is -0.644. The standard InChI is InChI=1S/C18H17ClFN3O/c1-8-5-18(8)7-23-17-14(18)15(19)11(6-22-17)10-3-4-12(21)13(9(2)24)16(10)20/h3-4,6,8H,5,7,21H2,1-2H3,(H,22,23). The lowest BCUT2D eigenvalue weighted by molar-refractivity contribution is 0.101.